The van der Waals surface area contributed by atoms with Crippen molar-refractivity contribution in [1.29, 1.82) is 0 Å². The van der Waals surface area contributed by atoms with Gasteiger partial charge in [0.15, 0.2) is 0 Å². The van der Waals surface area contributed by atoms with E-state index in [-0.39, 0.29) is 12.0 Å². The first-order valence-electron chi connectivity index (χ1n) is 6.86. The molecule has 0 saturated carbocycles. The molecule has 1 rings (SSSR count). The number of rotatable bonds is 7. The summed E-state index contributed by atoms with van der Waals surface area (Å²) in [5.74, 6) is -0.754. The number of carbonyl (C=O) groups is 1. The molecule has 0 aromatic heterocycles. The van der Waals surface area contributed by atoms with Gasteiger partial charge in [0, 0.05) is 12.1 Å². The summed E-state index contributed by atoms with van der Waals surface area (Å²) in [5.41, 5.74) is 2.24. The average molecular weight is 263 g/mol. The highest BCUT2D eigenvalue weighted by molar-refractivity contribution is 5.68. The van der Waals surface area contributed by atoms with Crippen LogP contribution in [0.3, 0.4) is 0 Å². The highest BCUT2D eigenvalue weighted by Crippen LogP contribution is 2.20. The van der Waals surface area contributed by atoms with Crippen LogP contribution in [0.5, 0.6) is 0 Å². The van der Waals surface area contributed by atoms with Gasteiger partial charge in [0.05, 0.1) is 6.42 Å². The minimum atomic E-state index is -0.754. The first-order valence-corrected chi connectivity index (χ1v) is 6.86. The summed E-state index contributed by atoms with van der Waals surface area (Å²) in [6.07, 6.45) is 2.42. The van der Waals surface area contributed by atoms with E-state index in [1.54, 1.807) is 0 Å². The fourth-order valence-electron chi connectivity index (χ4n) is 2.09. The quantitative estimate of drug-likeness (QED) is 0.820. The Hall–Kier alpha value is -1.35. The molecule has 0 aliphatic carbocycles. The van der Waals surface area contributed by atoms with E-state index in [4.69, 9.17) is 5.11 Å². The van der Waals surface area contributed by atoms with Crippen molar-refractivity contribution in [1.82, 2.24) is 4.90 Å². The molecule has 0 saturated heterocycles. The Morgan fingerprint density at radius 2 is 1.74 bits per heavy atom. The Morgan fingerprint density at radius 3 is 2.21 bits per heavy atom. The van der Waals surface area contributed by atoms with Crippen LogP contribution in [0.15, 0.2) is 24.3 Å². The van der Waals surface area contributed by atoms with E-state index < -0.39 is 5.97 Å². The van der Waals surface area contributed by atoms with Crippen molar-refractivity contribution in [3.05, 3.63) is 35.4 Å². The van der Waals surface area contributed by atoms with Gasteiger partial charge in [0.25, 0.3) is 0 Å². The van der Waals surface area contributed by atoms with Crippen molar-refractivity contribution in [2.75, 3.05) is 7.05 Å². The monoisotopic (exact) mass is 263 g/mol. The van der Waals surface area contributed by atoms with E-state index >= 15 is 0 Å². The van der Waals surface area contributed by atoms with Crippen LogP contribution in [0.2, 0.25) is 0 Å². The number of hydrogen-bond acceptors (Lipinski definition) is 2. The van der Waals surface area contributed by atoms with Gasteiger partial charge in [0.1, 0.15) is 0 Å². The van der Waals surface area contributed by atoms with E-state index in [2.05, 4.69) is 36.1 Å². The fraction of sp³-hybridized carbons (Fsp3) is 0.562. The minimum absolute atomic E-state index is 0.150. The lowest BCUT2D eigenvalue weighted by Gasteiger charge is -2.34. The van der Waals surface area contributed by atoms with Crippen LogP contribution >= 0.6 is 0 Å². The third-order valence-corrected chi connectivity index (χ3v) is 3.60. The number of carboxylic acid groups (broad SMARTS) is 1. The van der Waals surface area contributed by atoms with Crippen molar-refractivity contribution in [2.24, 2.45) is 0 Å². The summed E-state index contributed by atoms with van der Waals surface area (Å²) in [7, 11) is 1.98. The summed E-state index contributed by atoms with van der Waals surface area (Å²) < 4.78 is 0. The molecule has 0 amide bonds. The van der Waals surface area contributed by atoms with E-state index in [1.807, 2.05) is 20.9 Å². The Balaban J connectivity index is 2.65. The Morgan fingerprint density at radius 1 is 1.21 bits per heavy atom. The molecule has 0 fully saturated rings. The SMILES string of the molecule is CCCc1ccc(CN(C)C(C)(C)CC(=O)O)cc1. The number of nitrogens with zero attached hydrogens (tertiary/aromatic N) is 1. The molecule has 0 radical (unpaired) electrons. The molecular weight excluding hydrogens is 238 g/mol. The third kappa shape index (κ3) is 5.03. The van der Waals surface area contributed by atoms with Crippen molar-refractivity contribution >= 4 is 5.97 Å². The second kappa shape index (κ2) is 6.71. The zero-order valence-corrected chi connectivity index (χ0v) is 12.4. The maximum atomic E-state index is 10.9. The topological polar surface area (TPSA) is 40.5 Å². The summed E-state index contributed by atoms with van der Waals surface area (Å²) in [4.78, 5) is 13.0. The first-order chi connectivity index (χ1) is 8.85. The van der Waals surface area contributed by atoms with Crippen molar-refractivity contribution in [2.45, 2.75) is 52.1 Å². The average Bonchev–Trinajstić information content (AvgIpc) is 2.30. The van der Waals surface area contributed by atoms with Gasteiger partial charge in [-0.1, -0.05) is 37.6 Å². The maximum Gasteiger partial charge on any atom is 0.305 e. The predicted octanol–water partition coefficient (Wildman–Crippen LogP) is 3.32. The molecule has 0 aliphatic heterocycles. The largest absolute Gasteiger partial charge is 0.481 e. The molecule has 1 aromatic carbocycles. The van der Waals surface area contributed by atoms with Gasteiger partial charge >= 0.3 is 5.97 Å². The maximum absolute atomic E-state index is 10.9. The normalized spacial score (nSPS) is 11.8. The zero-order chi connectivity index (χ0) is 14.5. The Labute approximate surface area is 116 Å². The molecule has 0 spiro atoms. The van der Waals surface area contributed by atoms with Gasteiger partial charge in [-0.3, -0.25) is 9.69 Å². The van der Waals surface area contributed by atoms with E-state index in [0.717, 1.165) is 19.4 Å². The molecule has 1 N–H and O–H groups in total. The lowest BCUT2D eigenvalue weighted by atomic mass is 9.98. The van der Waals surface area contributed by atoms with Gasteiger partial charge in [-0.25, -0.2) is 0 Å². The number of benzene rings is 1. The molecule has 0 atom stereocenters. The molecule has 3 heteroatoms. The molecule has 3 nitrogen and oxygen atoms in total. The molecule has 19 heavy (non-hydrogen) atoms. The van der Waals surface area contributed by atoms with Crippen LogP contribution in [-0.2, 0) is 17.8 Å². The summed E-state index contributed by atoms with van der Waals surface area (Å²) in [5, 5.41) is 8.93. The summed E-state index contributed by atoms with van der Waals surface area (Å²) in [6.45, 7) is 6.88. The number of carboxylic acids is 1. The predicted molar refractivity (Wildman–Crippen MR) is 78.2 cm³/mol. The first kappa shape index (κ1) is 15.7. The van der Waals surface area contributed by atoms with Crippen molar-refractivity contribution in [3.63, 3.8) is 0 Å². The summed E-state index contributed by atoms with van der Waals surface area (Å²) in [6, 6.07) is 8.60. The lowest BCUT2D eigenvalue weighted by Crippen LogP contribution is -2.42. The highest BCUT2D eigenvalue weighted by Gasteiger charge is 2.26. The zero-order valence-electron chi connectivity index (χ0n) is 12.4. The highest BCUT2D eigenvalue weighted by atomic mass is 16.4. The standard InChI is InChI=1S/C16H25NO2/c1-5-6-13-7-9-14(10-8-13)12-17(4)16(2,3)11-15(18)19/h7-10H,5-6,11-12H2,1-4H3,(H,18,19). The van der Waals surface area contributed by atoms with Crippen LogP contribution in [0.25, 0.3) is 0 Å². The van der Waals surface area contributed by atoms with Gasteiger partial charge in [-0.2, -0.15) is 0 Å². The number of aliphatic carboxylic acids is 1. The molecule has 0 aliphatic rings. The van der Waals surface area contributed by atoms with Crippen LogP contribution in [0.1, 0.15) is 44.7 Å². The Kier molecular flexibility index (Phi) is 5.55. The van der Waals surface area contributed by atoms with Crippen LogP contribution < -0.4 is 0 Å². The smallest absolute Gasteiger partial charge is 0.305 e. The van der Waals surface area contributed by atoms with Gasteiger partial charge < -0.3 is 5.11 Å². The third-order valence-electron chi connectivity index (χ3n) is 3.60. The molecule has 0 heterocycles. The molecule has 1 aromatic rings. The van der Waals surface area contributed by atoms with Gasteiger partial charge in [0.2, 0.25) is 0 Å². The molecule has 0 unspecified atom stereocenters. The second-order valence-electron chi connectivity index (χ2n) is 5.81. The molecule has 106 valence electrons. The van der Waals surface area contributed by atoms with E-state index in [0.29, 0.717) is 0 Å². The van der Waals surface area contributed by atoms with Crippen LogP contribution in [0.4, 0.5) is 0 Å². The van der Waals surface area contributed by atoms with E-state index in [9.17, 15) is 4.79 Å². The molecule has 0 bridgehead atoms. The Bertz CT molecular complexity index is 409. The van der Waals surface area contributed by atoms with Gasteiger partial charge in [-0.05, 0) is 38.4 Å². The van der Waals surface area contributed by atoms with Crippen molar-refractivity contribution in [3.8, 4) is 0 Å². The van der Waals surface area contributed by atoms with Crippen molar-refractivity contribution < 1.29 is 9.90 Å². The minimum Gasteiger partial charge on any atom is -0.481 e. The van der Waals surface area contributed by atoms with Gasteiger partial charge in [-0.15, -0.1) is 0 Å². The lowest BCUT2D eigenvalue weighted by molar-refractivity contribution is -0.139. The van der Waals surface area contributed by atoms with E-state index in [1.165, 1.54) is 11.1 Å². The number of aryl methyl sites for hydroxylation is 1. The summed E-state index contributed by atoms with van der Waals surface area (Å²) >= 11 is 0. The fourth-order valence-corrected chi connectivity index (χ4v) is 2.09. The second-order valence-corrected chi connectivity index (χ2v) is 5.81. The molecular formula is C16H25NO2. The van der Waals surface area contributed by atoms with Crippen LogP contribution in [-0.4, -0.2) is 28.6 Å². The number of hydrogen-bond donors (Lipinski definition) is 1. The van der Waals surface area contributed by atoms with Crippen LogP contribution in [0, 0.1) is 0 Å².